The van der Waals surface area contributed by atoms with Crippen LogP contribution < -0.4 is 5.32 Å². The van der Waals surface area contributed by atoms with Gasteiger partial charge in [0, 0.05) is 25.0 Å². The molecule has 1 aliphatic heterocycles. The molecule has 1 unspecified atom stereocenters. The van der Waals surface area contributed by atoms with Crippen molar-refractivity contribution in [2.45, 2.75) is 19.8 Å². The van der Waals surface area contributed by atoms with Crippen molar-refractivity contribution in [3.05, 3.63) is 41.0 Å². The minimum atomic E-state index is -0.0874. The zero-order valence-corrected chi connectivity index (χ0v) is 14.1. The van der Waals surface area contributed by atoms with Gasteiger partial charge in [-0.25, -0.2) is 4.98 Å². The fourth-order valence-electron chi connectivity index (χ4n) is 3.24. The Hall–Kier alpha value is -1.65. The van der Waals surface area contributed by atoms with Gasteiger partial charge >= 0.3 is 0 Å². The van der Waals surface area contributed by atoms with Crippen molar-refractivity contribution in [1.82, 2.24) is 15.2 Å². The molecule has 1 atom stereocenters. The summed E-state index contributed by atoms with van der Waals surface area (Å²) in [6, 6.07) is 9.21. The van der Waals surface area contributed by atoms with E-state index < -0.39 is 0 Å². The average molecular weight is 332 g/mol. The summed E-state index contributed by atoms with van der Waals surface area (Å²) >= 11 is 6.04. The van der Waals surface area contributed by atoms with Gasteiger partial charge in [0.05, 0.1) is 11.1 Å². The lowest BCUT2D eigenvalue weighted by molar-refractivity contribution is 0.0945. The third-order valence-corrected chi connectivity index (χ3v) is 4.58. The molecule has 1 aromatic carbocycles. The van der Waals surface area contributed by atoms with E-state index in [0.717, 1.165) is 36.5 Å². The predicted molar refractivity (Wildman–Crippen MR) is 93.9 cm³/mol. The highest BCUT2D eigenvalue weighted by molar-refractivity contribution is 6.30. The normalized spacial score (nSPS) is 19.0. The Labute approximate surface area is 141 Å². The first-order valence-corrected chi connectivity index (χ1v) is 8.57. The lowest BCUT2D eigenvalue weighted by atomic mass is 10.0. The van der Waals surface area contributed by atoms with Crippen LogP contribution in [-0.4, -0.2) is 42.0 Å². The summed E-state index contributed by atoms with van der Waals surface area (Å²) in [4.78, 5) is 19.2. The third-order valence-electron chi connectivity index (χ3n) is 4.38. The summed E-state index contributed by atoms with van der Waals surface area (Å²) in [6.07, 6.45) is 2.56. The van der Waals surface area contributed by atoms with Crippen molar-refractivity contribution in [3.8, 4) is 0 Å². The number of benzene rings is 1. The van der Waals surface area contributed by atoms with Gasteiger partial charge in [-0.05, 0) is 37.4 Å². The SMILES string of the molecule is CC1CCCN(CCNC(=O)c2cc(Cl)nc3ccccc23)C1. The highest BCUT2D eigenvalue weighted by atomic mass is 35.5. The van der Waals surface area contributed by atoms with Crippen LogP contribution in [0.15, 0.2) is 30.3 Å². The van der Waals surface area contributed by atoms with Crippen LogP contribution in [0.2, 0.25) is 5.15 Å². The number of para-hydroxylation sites is 1. The molecule has 2 aromatic rings. The Balaban J connectivity index is 1.64. The number of amides is 1. The topological polar surface area (TPSA) is 45.2 Å². The Morgan fingerprint density at radius 3 is 3.09 bits per heavy atom. The standard InChI is InChI=1S/C18H22ClN3O/c1-13-5-4-9-22(12-13)10-8-20-18(23)15-11-17(19)21-16-7-3-2-6-14(15)16/h2-3,6-7,11,13H,4-5,8-10,12H2,1H3,(H,20,23). The first-order chi connectivity index (χ1) is 11.1. The number of piperidine rings is 1. The number of rotatable bonds is 4. The van der Waals surface area contributed by atoms with Crippen LogP contribution in [0.1, 0.15) is 30.1 Å². The maximum atomic E-state index is 12.5. The minimum Gasteiger partial charge on any atom is -0.351 e. The summed E-state index contributed by atoms with van der Waals surface area (Å²) in [6.45, 7) is 6.09. The van der Waals surface area contributed by atoms with Crippen LogP contribution >= 0.6 is 11.6 Å². The smallest absolute Gasteiger partial charge is 0.252 e. The molecule has 2 heterocycles. The van der Waals surface area contributed by atoms with Gasteiger partial charge in [-0.3, -0.25) is 4.79 Å². The molecule has 122 valence electrons. The van der Waals surface area contributed by atoms with Crippen LogP contribution in [0.4, 0.5) is 0 Å². The zero-order valence-electron chi connectivity index (χ0n) is 13.4. The highest BCUT2D eigenvalue weighted by Gasteiger charge is 2.16. The first kappa shape index (κ1) is 16.2. The van der Waals surface area contributed by atoms with Gasteiger partial charge in [0.1, 0.15) is 5.15 Å². The van der Waals surface area contributed by atoms with Crippen LogP contribution in [0.3, 0.4) is 0 Å². The van der Waals surface area contributed by atoms with Crippen LogP contribution in [0.25, 0.3) is 10.9 Å². The van der Waals surface area contributed by atoms with E-state index in [1.165, 1.54) is 12.8 Å². The molecule has 0 saturated carbocycles. The molecule has 1 fully saturated rings. The first-order valence-electron chi connectivity index (χ1n) is 8.19. The molecule has 4 nitrogen and oxygen atoms in total. The summed E-state index contributed by atoms with van der Waals surface area (Å²) in [5.74, 6) is 0.665. The highest BCUT2D eigenvalue weighted by Crippen LogP contribution is 2.20. The van der Waals surface area contributed by atoms with E-state index in [1.807, 2.05) is 24.3 Å². The molecule has 1 saturated heterocycles. The van der Waals surface area contributed by atoms with E-state index in [2.05, 4.69) is 22.1 Å². The molecule has 5 heteroatoms. The number of nitrogens with zero attached hydrogens (tertiary/aromatic N) is 2. The van der Waals surface area contributed by atoms with Gasteiger partial charge < -0.3 is 10.2 Å². The largest absolute Gasteiger partial charge is 0.351 e. The van der Waals surface area contributed by atoms with Crippen molar-refractivity contribution in [2.75, 3.05) is 26.2 Å². The second kappa shape index (κ2) is 7.28. The molecule has 1 N–H and O–H groups in total. The van der Waals surface area contributed by atoms with E-state index in [0.29, 0.717) is 17.3 Å². The predicted octanol–water partition coefficient (Wildman–Crippen LogP) is 3.35. The number of fused-ring (bicyclic) bond motifs is 1. The quantitative estimate of drug-likeness (QED) is 0.874. The maximum Gasteiger partial charge on any atom is 0.252 e. The Morgan fingerprint density at radius 1 is 1.43 bits per heavy atom. The molecule has 23 heavy (non-hydrogen) atoms. The molecule has 0 bridgehead atoms. The van der Waals surface area contributed by atoms with E-state index in [-0.39, 0.29) is 5.91 Å². The molecule has 3 rings (SSSR count). The van der Waals surface area contributed by atoms with Gasteiger partial charge in [0.2, 0.25) is 0 Å². The number of hydrogen-bond acceptors (Lipinski definition) is 3. The number of pyridine rings is 1. The van der Waals surface area contributed by atoms with Crippen LogP contribution in [0, 0.1) is 5.92 Å². The Morgan fingerprint density at radius 2 is 2.26 bits per heavy atom. The van der Waals surface area contributed by atoms with Crippen molar-refractivity contribution >= 4 is 28.4 Å². The number of halogens is 1. The molecular weight excluding hydrogens is 310 g/mol. The lowest BCUT2D eigenvalue weighted by Gasteiger charge is -2.30. The molecule has 0 aliphatic carbocycles. The summed E-state index contributed by atoms with van der Waals surface area (Å²) < 4.78 is 0. The molecule has 0 radical (unpaired) electrons. The van der Waals surface area contributed by atoms with E-state index >= 15 is 0 Å². The number of nitrogens with one attached hydrogen (secondary N) is 1. The van der Waals surface area contributed by atoms with Gasteiger partial charge in [0.25, 0.3) is 5.91 Å². The Kier molecular flexibility index (Phi) is 5.13. The van der Waals surface area contributed by atoms with Gasteiger partial charge in [-0.1, -0.05) is 36.7 Å². The lowest BCUT2D eigenvalue weighted by Crippen LogP contribution is -2.40. The van der Waals surface area contributed by atoms with Crippen LogP contribution in [0.5, 0.6) is 0 Å². The Bertz CT molecular complexity index is 704. The molecule has 1 aliphatic rings. The fraction of sp³-hybridized carbons (Fsp3) is 0.444. The average Bonchev–Trinajstić information content (AvgIpc) is 2.54. The van der Waals surface area contributed by atoms with Crippen molar-refractivity contribution in [1.29, 1.82) is 0 Å². The molecule has 1 amide bonds. The van der Waals surface area contributed by atoms with Crippen molar-refractivity contribution in [2.24, 2.45) is 5.92 Å². The van der Waals surface area contributed by atoms with Gasteiger partial charge in [0.15, 0.2) is 0 Å². The second-order valence-electron chi connectivity index (χ2n) is 6.31. The molecule has 1 aromatic heterocycles. The summed E-state index contributed by atoms with van der Waals surface area (Å²) in [5.41, 5.74) is 1.34. The number of aromatic nitrogens is 1. The minimum absolute atomic E-state index is 0.0874. The van der Waals surface area contributed by atoms with Crippen molar-refractivity contribution < 1.29 is 4.79 Å². The van der Waals surface area contributed by atoms with Crippen LogP contribution in [-0.2, 0) is 0 Å². The van der Waals surface area contributed by atoms with E-state index in [9.17, 15) is 4.79 Å². The molecular formula is C18H22ClN3O. The zero-order chi connectivity index (χ0) is 16.2. The fourth-order valence-corrected chi connectivity index (χ4v) is 3.44. The number of carbonyl (C=O) groups excluding carboxylic acids is 1. The number of likely N-dealkylation sites (tertiary alicyclic amines) is 1. The second-order valence-corrected chi connectivity index (χ2v) is 6.70. The molecule has 0 spiro atoms. The third kappa shape index (κ3) is 4.01. The van der Waals surface area contributed by atoms with Gasteiger partial charge in [-0.2, -0.15) is 0 Å². The summed E-state index contributed by atoms with van der Waals surface area (Å²) in [5, 5.41) is 4.19. The van der Waals surface area contributed by atoms with E-state index in [4.69, 9.17) is 11.6 Å². The number of carbonyl (C=O) groups is 1. The van der Waals surface area contributed by atoms with E-state index in [1.54, 1.807) is 6.07 Å². The maximum absolute atomic E-state index is 12.5. The summed E-state index contributed by atoms with van der Waals surface area (Å²) in [7, 11) is 0. The monoisotopic (exact) mass is 331 g/mol. The van der Waals surface area contributed by atoms with Gasteiger partial charge in [-0.15, -0.1) is 0 Å². The van der Waals surface area contributed by atoms with Crippen molar-refractivity contribution in [3.63, 3.8) is 0 Å². The number of hydrogen-bond donors (Lipinski definition) is 1.